The SMILES string of the molecule is CN(C)c1cc(I)c(O)c2c1CC1CC3C(C(=O)C(C(N)=O)=CC3N(C)C)C(=O)C1=C2O. The summed E-state index contributed by atoms with van der Waals surface area (Å²) < 4.78 is 0.553. The normalized spacial score (nSPS) is 27.0. The van der Waals surface area contributed by atoms with Crippen LogP contribution in [0.15, 0.2) is 23.3 Å². The van der Waals surface area contributed by atoms with E-state index < -0.39 is 23.4 Å². The molecule has 3 aliphatic rings. The molecule has 8 nitrogen and oxygen atoms in total. The monoisotopic (exact) mass is 551 g/mol. The summed E-state index contributed by atoms with van der Waals surface area (Å²) in [5.74, 6) is -4.00. The number of phenols is 1. The molecule has 0 spiro atoms. The van der Waals surface area contributed by atoms with Crippen LogP contribution < -0.4 is 10.6 Å². The molecule has 0 aromatic heterocycles. The van der Waals surface area contributed by atoms with Gasteiger partial charge in [0.15, 0.2) is 11.6 Å². The van der Waals surface area contributed by atoms with Crippen molar-refractivity contribution in [1.82, 2.24) is 4.90 Å². The number of amides is 1. The van der Waals surface area contributed by atoms with Crippen molar-refractivity contribution >= 4 is 51.5 Å². The molecule has 1 amide bonds. The number of hydrogen-bond acceptors (Lipinski definition) is 7. The molecule has 170 valence electrons. The molecule has 0 radical (unpaired) electrons. The Labute approximate surface area is 199 Å². The number of rotatable bonds is 3. The zero-order chi connectivity index (χ0) is 23.6. The minimum atomic E-state index is -1.08. The standard InChI is InChI=1S/C23H26IN3O5/c1-26(2)14-7-12(23(25)32)19(28)17-10(14)5-9-6-11-15(27(3)4)8-13(24)20(29)18(11)22(31)16(9)21(17)30/h7-10,14,17,29,31H,5-6H2,1-4H3,(H2,25,32). The molecule has 4 N–H and O–H groups in total. The number of anilines is 1. The van der Waals surface area contributed by atoms with Crippen LogP contribution in [0, 0.1) is 21.3 Å². The summed E-state index contributed by atoms with van der Waals surface area (Å²) in [6.45, 7) is 0. The first-order valence-electron chi connectivity index (χ1n) is 10.4. The third-order valence-corrected chi connectivity index (χ3v) is 7.71. The fourth-order valence-electron chi connectivity index (χ4n) is 5.48. The lowest BCUT2D eigenvalue weighted by Gasteiger charge is -2.45. The van der Waals surface area contributed by atoms with Crippen LogP contribution in [0.3, 0.4) is 0 Å². The second-order valence-electron chi connectivity index (χ2n) is 9.14. The van der Waals surface area contributed by atoms with E-state index in [2.05, 4.69) is 0 Å². The minimum absolute atomic E-state index is 0.0802. The molecule has 1 aromatic rings. The quantitative estimate of drug-likeness (QED) is 0.297. The lowest BCUT2D eigenvalue weighted by atomic mass is 9.60. The first-order valence-corrected chi connectivity index (χ1v) is 11.4. The lowest BCUT2D eigenvalue weighted by Crippen LogP contribution is -2.53. The molecular formula is C23H26IN3O5. The Morgan fingerprint density at radius 2 is 1.81 bits per heavy atom. The number of nitrogens with zero attached hydrogens (tertiary/aromatic N) is 2. The minimum Gasteiger partial charge on any atom is -0.507 e. The fraction of sp³-hybridized carbons (Fsp3) is 0.435. The van der Waals surface area contributed by atoms with E-state index in [9.17, 15) is 24.6 Å². The number of aliphatic hydroxyl groups is 1. The smallest absolute Gasteiger partial charge is 0.252 e. The average molecular weight is 551 g/mol. The molecule has 4 atom stereocenters. The van der Waals surface area contributed by atoms with Crippen LogP contribution in [0.25, 0.3) is 5.76 Å². The molecule has 3 aliphatic carbocycles. The van der Waals surface area contributed by atoms with Crippen molar-refractivity contribution in [3.8, 4) is 5.75 Å². The van der Waals surface area contributed by atoms with Crippen molar-refractivity contribution in [3.05, 3.63) is 38.0 Å². The predicted octanol–water partition coefficient (Wildman–Crippen LogP) is 1.63. The van der Waals surface area contributed by atoms with E-state index in [1.165, 1.54) is 0 Å². The van der Waals surface area contributed by atoms with Crippen LogP contribution in [0.5, 0.6) is 5.75 Å². The van der Waals surface area contributed by atoms with Crippen molar-refractivity contribution in [2.45, 2.75) is 18.9 Å². The summed E-state index contributed by atoms with van der Waals surface area (Å²) in [7, 11) is 7.44. The van der Waals surface area contributed by atoms with Gasteiger partial charge in [0.25, 0.3) is 5.91 Å². The van der Waals surface area contributed by atoms with Gasteiger partial charge < -0.3 is 25.7 Å². The highest BCUT2D eigenvalue weighted by molar-refractivity contribution is 14.1. The fourth-order valence-corrected chi connectivity index (χ4v) is 6.04. The van der Waals surface area contributed by atoms with Crippen LogP contribution in [0.1, 0.15) is 17.5 Å². The number of carbonyl (C=O) groups excluding carboxylic acids is 3. The Hall–Kier alpha value is -2.40. The summed E-state index contributed by atoms with van der Waals surface area (Å²) in [5.41, 5.74) is 7.32. The van der Waals surface area contributed by atoms with Gasteiger partial charge in [0.1, 0.15) is 11.5 Å². The first-order chi connectivity index (χ1) is 15.0. The third kappa shape index (κ3) is 3.24. The summed E-state index contributed by atoms with van der Waals surface area (Å²) in [6, 6.07) is 1.54. The Balaban J connectivity index is 1.91. The van der Waals surface area contributed by atoms with Crippen molar-refractivity contribution in [1.29, 1.82) is 0 Å². The summed E-state index contributed by atoms with van der Waals surface area (Å²) in [4.78, 5) is 42.5. The van der Waals surface area contributed by atoms with E-state index >= 15 is 0 Å². The van der Waals surface area contributed by atoms with Crippen LogP contribution in [-0.2, 0) is 20.8 Å². The number of carbonyl (C=O) groups is 3. The average Bonchev–Trinajstić information content (AvgIpc) is 2.69. The van der Waals surface area contributed by atoms with Crippen LogP contribution in [-0.4, -0.2) is 66.8 Å². The summed E-state index contributed by atoms with van der Waals surface area (Å²) >= 11 is 1.99. The van der Waals surface area contributed by atoms with E-state index in [0.29, 0.717) is 16.4 Å². The Morgan fingerprint density at radius 3 is 2.38 bits per heavy atom. The van der Waals surface area contributed by atoms with Gasteiger partial charge in [0.2, 0.25) is 0 Å². The Morgan fingerprint density at radius 1 is 1.16 bits per heavy atom. The van der Waals surface area contributed by atoms with Crippen LogP contribution in [0.4, 0.5) is 5.69 Å². The number of aliphatic hydroxyl groups excluding tert-OH is 1. The van der Waals surface area contributed by atoms with E-state index in [1.807, 2.05) is 66.6 Å². The maximum absolute atomic E-state index is 13.6. The maximum Gasteiger partial charge on any atom is 0.252 e. The molecule has 4 unspecified atom stereocenters. The number of fused-ring (bicyclic) bond motifs is 3. The zero-order valence-electron chi connectivity index (χ0n) is 18.3. The molecule has 32 heavy (non-hydrogen) atoms. The highest BCUT2D eigenvalue weighted by atomic mass is 127. The Bertz CT molecular complexity index is 1120. The van der Waals surface area contributed by atoms with Crippen molar-refractivity contribution in [3.63, 3.8) is 0 Å². The molecule has 1 fully saturated rings. The molecule has 9 heteroatoms. The van der Waals surface area contributed by atoms with Crippen molar-refractivity contribution < 1.29 is 24.6 Å². The molecular weight excluding hydrogens is 525 g/mol. The van der Waals surface area contributed by atoms with Crippen molar-refractivity contribution in [2.75, 3.05) is 33.1 Å². The van der Waals surface area contributed by atoms with Gasteiger partial charge in [-0.25, -0.2) is 0 Å². The number of halogens is 1. The van der Waals surface area contributed by atoms with Gasteiger partial charge in [-0.15, -0.1) is 0 Å². The molecule has 1 aromatic carbocycles. The molecule has 0 bridgehead atoms. The number of ketones is 2. The first kappa shape index (κ1) is 22.8. The molecule has 0 heterocycles. The number of likely N-dealkylation sites (N-methyl/N-ethyl adjacent to an activating group) is 1. The topological polar surface area (TPSA) is 124 Å². The van der Waals surface area contributed by atoms with Gasteiger partial charge in [0, 0.05) is 31.4 Å². The Kier molecular flexibility index (Phi) is 5.61. The molecule has 4 rings (SSSR count). The van der Waals surface area contributed by atoms with Crippen molar-refractivity contribution in [2.24, 2.45) is 23.5 Å². The highest BCUT2D eigenvalue weighted by Gasteiger charge is 2.53. The third-order valence-electron chi connectivity index (χ3n) is 6.89. The highest BCUT2D eigenvalue weighted by Crippen LogP contribution is 2.51. The summed E-state index contributed by atoms with van der Waals surface area (Å²) in [5, 5.41) is 21.9. The van der Waals surface area contributed by atoms with Gasteiger partial charge in [-0.1, -0.05) is 6.08 Å². The van der Waals surface area contributed by atoms with Gasteiger partial charge >= 0.3 is 0 Å². The predicted molar refractivity (Wildman–Crippen MR) is 128 cm³/mol. The maximum atomic E-state index is 13.6. The number of nitrogens with two attached hydrogens (primary N) is 1. The van der Waals surface area contributed by atoms with Crippen LogP contribution >= 0.6 is 22.6 Å². The molecule has 0 saturated heterocycles. The number of hydrogen-bond donors (Lipinski definition) is 3. The number of allylic oxidation sites excluding steroid dienone is 1. The van der Waals surface area contributed by atoms with Gasteiger partial charge in [0.05, 0.1) is 20.6 Å². The zero-order valence-corrected chi connectivity index (χ0v) is 20.5. The van der Waals surface area contributed by atoms with E-state index in [4.69, 9.17) is 5.73 Å². The lowest BCUT2D eigenvalue weighted by molar-refractivity contribution is -0.135. The second kappa shape index (κ2) is 7.87. The number of aromatic hydroxyl groups is 1. The van der Waals surface area contributed by atoms with Crippen LogP contribution in [0.2, 0.25) is 0 Å². The molecule has 1 saturated carbocycles. The van der Waals surface area contributed by atoms with Gasteiger partial charge in [-0.3, -0.25) is 14.4 Å². The number of Topliss-reactive ketones (excluding diaryl/α,β-unsaturated/α-hetero) is 2. The van der Waals surface area contributed by atoms with E-state index in [1.54, 1.807) is 6.08 Å². The van der Waals surface area contributed by atoms with Gasteiger partial charge in [-0.05, 0) is 73.0 Å². The van der Waals surface area contributed by atoms with E-state index in [0.717, 1.165) is 11.3 Å². The van der Waals surface area contributed by atoms with Gasteiger partial charge in [-0.2, -0.15) is 0 Å². The number of phenolic OH excluding ortho intramolecular Hbond substituents is 1. The number of primary amides is 1. The summed E-state index contributed by atoms with van der Waals surface area (Å²) in [6.07, 6.45) is 2.53. The largest absolute Gasteiger partial charge is 0.507 e. The number of benzene rings is 1. The second-order valence-corrected chi connectivity index (χ2v) is 10.3. The van der Waals surface area contributed by atoms with E-state index in [-0.39, 0.29) is 46.1 Å². The molecule has 0 aliphatic heterocycles.